The van der Waals surface area contributed by atoms with Crippen LogP contribution in [0.2, 0.25) is 0 Å². The van der Waals surface area contributed by atoms with E-state index in [1.54, 1.807) is 23.9 Å². The maximum Gasteiger partial charge on any atom is 0.207 e. The van der Waals surface area contributed by atoms with Crippen molar-refractivity contribution in [3.8, 4) is 0 Å². The number of hydrogen-bond acceptors (Lipinski definition) is 5. The van der Waals surface area contributed by atoms with Gasteiger partial charge in [0, 0.05) is 0 Å². The summed E-state index contributed by atoms with van der Waals surface area (Å²) >= 11 is 8.87. The van der Waals surface area contributed by atoms with E-state index < -0.39 is 18.7 Å². The Morgan fingerprint density at radius 3 is 1.78 bits per heavy atom. The molecule has 0 aliphatic carbocycles. The molecule has 0 saturated carbocycles. The van der Waals surface area contributed by atoms with Crippen LogP contribution in [-0.4, -0.2) is 16.8 Å². The van der Waals surface area contributed by atoms with Gasteiger partial charge in [0.2, 0.25) is 9.84 Å². The standard InChI is InChI=1S/C30H23NO2S4/c1-21-17-19-25(20-18-21)37(32,33)27-26(22-11-5-2-6-12-22)31-28(34)35-30(27)29(36-30,23-13-7-3-8-14-23)24-15-9-4-10-16-24/h2-20H,1H3,(H,31,34). The van der Waals surface area contributed by atoms with Crippen LogP contribution in [0.5, 0.6) is 0 Å². The van der Waals surface area contributed by atoms with E-state index in [2.05, 4.69) is 29.6 Å². The molecular formula is C30H23NO2S4. The molecular weight excluding hydrogens is 535 g/mol. The van der Waals surface area contributed by atoms with Gasteiger partial charge in [-0.2, -0.15) is 0 Å². The minimum Gasteiger partial charge on any atom is -0.340 e. The third-order valence-corrected chi connectivity index (χ3v) is 12.7. The Kier molecular flexibility index (Phi) is 6.07. The van der Waals surface area contributed by atoms with Gasteiger partial charge in [-0.25, -0.2) is 8.42 Å². The highest BCUT2D eigenvalue weighted by Crippen LogP contribution is 2.82. The molecule has 1 atom stereocenters. The smallest absolute Gasteiger partial charge is 0.207 e. The lowest BCUT2D eigenvalue weighted by atomic mass is 9.87. The van der Waals surface area contributed by atoms with Crippen molar-refractivity contribution >= 4 is 55.6 Å². The summed E-state index contributed by atoms with van der Waals surface area (Å²) in [6.45, 7) is 1.95. The van der Waals surface area contributed by atoms with Crippen LogP contribution in [0.1, 0.15) is 22.3 Å². The third kappa shape index (κ3) is 3.87. The Morgan fingerprint density at radius 2 is 1.24 bits per heavy atom. The molecule has 2 aliphatic heterocycles. The zero-order chi connectivity index (χ0) is 25.7. The number of benzene rings is 4. The summed E-state index contributed by atoms with van der Waals surface area (Å²) < 4.78 is 28.3. The fourth-order valence-electron chi connectivity index (χ4n) is 4.98. The first-order valence-electron chi connectivity index (χ1n) is 11.8. The van der Waals surface area contributed by atoms with Crippen LogP contribution in [0.25, 0.3) is 5.70 Å². The first-order chi connectivity index (χ1) is 17.9. The van der Waals surface area contributed by atoms with Gasteiger partial charge in [-0.1, -0.05) is 133 Å². The van der Waals surface area contributed by atoms with Gasteiger partial charge in [-0.3, -0.25) is 0 Å². The van der Waals surface area contributed by atoms with Crippen molar-refractivity contribution in [1.82, 2.24) is 5.32 Å². The highest BCUT2D eigenvalue weighted by molar-refractivity contribution is 8.36. The normalized spacial score (nSPS) is 20.5. The van der Waals surface area contributed by atoms with Gasteiger partial charge in [0.1, 0.15) is 13.3 Å². The molecule has 7 heteroatoms. The van der Waals surface area contributed by atoms with Gasteiger partial charge in [-0.05, 0) is 35.7 Å². The predicted molar refractivity (Wildman–Crippen MR) is 159 cm³/mol. The largest absolute Gasteiger partial charge is 0.340 e. The van der Waals surface area contributed by atoms with Gasteiger partial charge in [0.15, 0.2) is 0 Å². The lowest BCUT2D eigenvalue weighted by molar-refractivity contribution is 0.599. The van der Waals surface area contributed by atoms with E-state index >= 15 is 0 Å². The molecule has 1 spiro atoms. The van der Waals surface area contributed by atoms with E-state index in [4.69, 9.17) is 12.2 Å². The molecule has 37 heavy (non-hydrogen) atoms. The SMILES string of the molecule is Cc1ccc(S(=O)(=O)C2=C(c3ccccc3)NC(=S)SC23SC3(c2ccccc2)c2ccccc2)cc1. The van der Waals surface area contributed by atoms with Crippen molar-refractivity contribution in [2.24, 2.45) is 0 Å². The van der Waals surface area contributed by atoms with Gasteiger partial charge >= 0.3 is 0 Å². The Hall–Kier alpha value is -2.84. The first-order valence-corrected chi connectivity index (χ1v) is 15.3. The summed E-state index contributed by atoms with van der Waals surface area (Å²) in [6.07, 6.45) is 0. The van der Waals surface area contributed by atoms with Crippen LogP contribution >= 0.6 is 35.7 Å². The molecule has 0 radical (unpaired) electrons. The van der Waals surface area contributed by atoms with Crippen molar-refractivity contribution in [2.45, 2.75) is 20.6 Å². The number of hydrogen-bond donors (Lipinski definition) is 1. The Labute approximate surface area is 231 Å². The van der Waals surface area contributed by atoms with Gasteiger partial charge in [0.25, 0.3) is 0 Å². The zero-order valence-electron chi connectivity index (χ0n) is 19.9. The second-order valence-corrected chi connectivity index (χ2v) is 14.5. The van der Waals surface area contributed by atoms with E-state index in [-0.39, 0.29) is 4.90 Å². The number of nitrogens with one attached hydrogen (secondary N) is 1. The van der Waals surface area contributed by atoms with E-state index in [1.807, 2.05) is 85.8 Å². The highest BCUT2D eigenvalue weighted by atomic mass is 32.2. The molecule has 0 amide bonds. The maximum atomic E-state index is 14.6. The number of thiocarbonyl (C=S) groups is 1. The van der Waals surface area contributed by atoms with E-state index in [0.717, 1.165) is 22.3 Å². The fraction of sp³-hybridized carbons (Fsp3) is 0.100. The van der Waals surface area contributed by atoms with Gasteiger partial charge in [-0.15, -0.1) is 11.8 Å². The van der Waals surface area contributed by atoms with Gasteiger partial charge in [0.05, 0.1) is 15.3 Å². The summed E-state index contributed by atoms with van der Waals surface area (Å²) in [5, 5.41) is 3.29. The Bertz CT molecular complexity index is 1580. The highest BCUT2D eigenvalue weighted by Gasteiger charge is 2.77. The minimum absolute atomic E-state index is 0.277. The van der Waals surface area contributed by atoms with Gasteiger partial charge < -0.3 is 5.32 Å². The summed E-state index contributed by atoms with van der Waals surface area (Å²) in [5.74, 6) is 0. The van der Waals surface area contributed by atoms with Crippen LogP contribution in [-0.2, 0) is 14.6 Å². The van der Waals surface area contributed by atoms with Crippen molar-refractivity contribution < 1.29 is 8.42 Å². The summed E-state index contributed by atoms with van der Waals surface area (Å²) in [5.41, 5.74) is 4.44. The molecule has 4 aromatic rings. The summed E-state index contributed by atoms with van der Waals surface area (Å²) in [7, 11) is -3.92. The molecule has 6 rings (SSSR count). The maximum absolute atomic E-state index is 14.6. The van der Waals surface area contributed by atoms with Crippen LogP contribution in [0, 0.1) is 6.92 Å². The van der Waals surface area contributed by atoms with E-state index in [9.17, 15) is 8.42 Å². The average molecular weight is 558 g/mol. The molecule has 3 nitrogen and oxygen atoms in total. The number of thioether (sulfide) groups is 2. The number of sulfone groups is 1. The lowest BCUT2D eigenvalue weighted by Gasteiger charge is -2.33. The molecule has 2 heterocycles. The number of rotatable bonds is 5. The number of aryl methyl sites for hydroxylation is 1. The molecule has 0 bridgehead atoms. The molecule has 1 N–H and O–H groups in total. The minimum atomic E-state index is -3.92. The monoisotopic (exact) mass is 557 g/mol. The van der Waals surface area contributed by atoms with E-state index in [0.29, 0.717) is 14.9 Å². The summed E-state index contributed by atoms with van der Waals surface area (Å²) in [6, 6.07) is 37.0. The topological polar surface area (TPSA) is 46.2 Å². The molecule has 0 aromatic heterocycles. The fourth-order valence-corrected chi connectivity index (χ4v) is 11.6. The summed E-state index contributed by atoms with van der Waals surface area (Å²) in [4.78, 5) is 0.630. The Balaban J connectivity index is 1.69. The van der Waals surface area contributed by atoms with Crippen molar-refractivity contribution in [3.05, 3.63) is 142 Å². The predicted octanol–water partition coefficient (Wildman–Crippen LogP) is 7.15. The van der Waals surface area contributed by atoms with Crippen LogP contribution in [0.4, 0.5) is 0 Å². The van der Waals surface area contributed by atoms with Crippen molar-refractivity contribution in [1.29, 1.82) is 0 Å². The zero-order valence-corrected chi connectivity index (χ0v) is 23.2. The average Bonchev–Trinajstić information content (AvgIpc) is 3.58. The van der Waals surface area contributed by atoms with Crippen LogP contribution < -0.4 is 5.32 Å². The second-order valence-electron chi connectivity index (χ2n) is 9.03. The molecule has 184 valence electrons. The second kappa shape index (κ2) is 9.17. The first kappa shape index (κ1) is 24.5. The van der Waals surface area contributed by atoms with Crippen molar-refractivity contribution in [2.75, 3.05) is 0 Å². The lowest BCUT2D eigenvalue weighted by Crippen LogP contribution is -2.38. The molecule has 1 unspecified atom stereocenters. The quantitative estimate of drug-likeness (QED) is 0.208. The van der Waals surface area contributed by atoms with Crippen LogP contribution in [0.3, 0.4) is 0 Å². The van der Waals surface area contributed by atoms with Crippen molar-refractivity contribution in [3.63, 3.8) is 0 Å². The molecule has 1 fully saturated rings. The third-order valence-electron chi connectivity index (χ3n) is 6.73. The molecule has 2 aliphatic rings. The van der Waals surface area contributed by atoms with E-state index in [1.165, 1.54) is 11.8 Å². The Morgan fingerprint density at radius 1 is 0.730 bits per heavy atom. The molecule has 1 saturated heterocycles. The van der Waals surface area contributed by atoms with Crippen LogP contribution in [0.15, 0.2) is 125 Å². The molecule has 4 aromatic carbocycles.